The molecule has 0 aliphatic carbocycles. The second-order valence-electron chi connectivity index (χ2n) is 4.85. The molecule has 1 N–H and O–H groups in total. The van der Waals surface area contributed by atoms with E-state index in [0.717, 1.165) is 5.56 Å². The molecule has 0 aliphatic heterocycles. The van der Waals surface area contributed by atoms with Crippen LogP contribution >= 0.6 is 11.6 Å². The molecule has 4 nitrogen and oxygen atoms in total. The van der Waals surface area contributed by atoms with E-state index in [1.807, 2.05) is 30.3 Å². The Kier molecular flexibility index (Phi) is 5.21. The Bertz CT molecular complexity index is 760. The van der Waals surface area contributed by atoms with Crippen molar-refractivity contribution in [3.63, 3.8) is 0 Å². The maximum Gasteiger partial charge on any atom is 0.238 e. The molecule has 0 saturated carbocycles. The van der Waals surface area contributed by atoms with Gasteiger partial charge in [0.1, 0.15) is 5.25 Å². The molecule has 0 fully saturated rings. The van der Waals surface area contributed by atoms with Crippen LogP contribution in [-0.2, 0) is 21.2 Å². The third-order valence-electron chi connectivity index (χ3n) is 3.27. The van der Waals surface area contributed by atoms with Crippen LogP contribution in [-0.4, -0.2) is 19.6 Å². The van der Waals surface area contributed by atoms with Crippen molar-refractivity contribution in [2.75, 3.05) is 0 Å². The maximum absolute atomic E-state index is 12.4. The van der Waals surface area contributed by atoms with Crippen LogP contribution in [0.4, 0.5) is 0 Å². The second kappa shape index (κ2) is 6.94. The highest BCUT2D eigenvalue weighted by Crippen LogP contribution is 2.20. The number of benzene rings is 2. The number of nitrogens with one attached hydrogen (secondary N) is 1. The minimum Gasteiger partial charge on any atom is -0.351 e. The van der Waals surface area contributed by atoms with Gasteiger partial charge < -0.3 is 5.32 Å². The van der Waals surface area contributed by atoms with E-state index in [4.69, 9.17) is 11.6 Å². The van der Waals surface area contributed by atoms with Gasteiger partial charge in [-0.15, -0.1) is 0 Å². The number of hydrogen-bond acceptors (Lipinski definition) is 3. The van der Waals surface area contributed by atoms with Crippen LogP contribution < -0.4 is 5.32 Å². The summed E-state index contributed by atoms with van der Waals surface area (Å²) in [5.41, 5.74) is 0.906. The lowest BCUT2D eigenvalue weighted by atomic mass is 10.2. The van der Waals surface area contributed by atoms with E-state index >= 15 is 0 Å². The van der Waals surface area contributed by atoms with Crippen molar-refractivity contribution in [1.82, 2.24) is 5.32 Å². The monoisotopic (exact) mass is 337 g/mol. The molecule has 0 aliphatic rings. The van der Waals surface area contributed by atoms with Gasteiger partial charge in [0, 0.05) is 11.6 Å². The number of sulfone groups is 1. The Hall–Kier alpha value is -1.85. The van der Waals surface area contributed by atoms with Crippen LogP contribution in [0.15, 0.2) is 59.5 Å². The minimum absolute atomic E-state index is 0.0439. The molecule has 2 aromatic carbocycles. The third kappa shape index (κ3) is 3.87. The van der Waals surface area contributed by atoms with E-state index in [-0.39, 0.29) is 11.4 Å². The van der Waals surface area contributed by atoms with Crippen molar-refractivity contribution in [2.45, 2.75) is 23.6 Å². The van der Waals surface area contributed by atoms with E-state index < -0.39 is 21.0 Å². The van der Waals surface area contributed by atoms with E-state index in [0.29, 0.717) is 5.02 Å². The summed E-state index contributed by atoms with van der Waals surface area (Å²) < 4.78 is 24.8. The predicted molar refractivity (Wildman–Crippen MR) is 86.4 cm³/mol. The van der Waals surface area contributed by atoms with Gasteiger partial charge in [-0.25, -0.2) is 8.42 Å². The van der Waals surface area contributed by atoms with Crippen LogP contribution in [0.3, 0.4) is 0 Å². The first-order chi connectivity index (χ1) is 10.4. The summed E-state index contributed by atoms with van der Waals surface area (Å²) in [5.74, 6) is -0.538. The first-order valence-corrected chi connectivity index (χ1v) is 8.65. The van der Waals surface area contributed by atoms with Gasteiger partial charge in [0.15, 0.2) is 9.84 Å². The average molecular weight is 338 g/mol. The highest BCUT2D eigenvalue weighted by Gasteiger charge is 2.29. The summed E-state index contributed by atoms with van der Waals surface area (Å²) in [7, 11) is -3.76. The lowest BCUT2D eigenvalue weighted by molar-refractivity contribution is -0.120. The van der Waals surface area contributed by atoms with Crippen molar-refractivity contribution in [1.29, 1.82) is 0 Å². The van der Waals surface area contributed by atoms with Crippen LogP contribution in [0.2, 0.25) is 5.02 Å². The summed E-state index contributed by atoms with van der Waals surface area (Å²) in [5, 5.41) is 1.77. The van der Waals surface area contributed by atoms with Gasteiger partial charge in [0.05, 0.1) is 4.90 Å². The molecule has 1 atom stereocenters. The summed E-state index contributed by atoms with van der Waals surface area (Å²) in [6.07, 6.45) is 0. The van der Waals surface area contributed by atoms with E-state index in [9.17, 15) is 13.2 Å². The third-order valence-corrected chi connectivity index (χ3v) is 5.56. The van der Waals surface area contributed by atoms with E-state index in [1.54, 1.807) is 12.1 Å². The number of carbonyl (C=O) groups is 1. The molecule has 0 heterocycles. The van der Waals surface area contributed by atoms with Crippen LogP contribution in [0.5, 0.6) is 0 Å². The molecular formula is C16H16ClNO3S. The van der Waals surface area contributed by atoms with E-state index in [1.165, 1.54) is 19.1 Å². The first kappa shape index (κ1) is 16.5. The van der Waals surface area contributed by atoms with Crippen LogP contribution in [0, 0.1) is 0 Å². The zero-order chi connectivity index (χ0) is 16.2. The van der Waals surface area contributed by atoms with Gasteiger partial charge in [0.25, 0.3) is 0 Å². The second-order valence-corrected chi connectivity index (χ2v) is 7.55. The molecule has 0 unspecified atom stereocenters. The number of halogens is 1. The molecule has 0 bridgehead atoms. The summed E-state index contributed by atoms with van der Waals surface area (Å²) in [6, 6.07) is 15.2. The standard InChI is InChI=1S/C16H16ClNO3S/c1-12(16(19)18-11-13-6-3-2-4-7-13)22(20,21)15-9-5-8-14(17)10-15/h2-10,12H,11H2,1H3,(H,18,19)/t12-/m1/s1. The lowest BCUT2D eigenvalue weighted by Crippen LogP contribution is -2.37. The van der Waals surface area contributed by atoms with Gasteiger partial charge >= 0.3 is 0 Å². The number of amides is 1. The molecule has 2 aromatic rings. The molecule has 1 amide bonds. The van der Waals surface area contributed by atoms with Crippen molar-refractivity contribution in [3.8, 4) is 0 Å². The van der Waals surface area contributed by atoms with Gasteiger partial charge in [-0.05, 0) is 30.7 Å². The summed E-state index contributed by atoms with van der Waals surface area (Å²) in [4.78, 5) is 12.1. The molecule has 6 heteroatoms. The number of rotatable bonds is 5. The van der Waals surface area contributed by atoms with Gasteiger partial charge in [-0.1, -0.05) is 48.0 Å². The topological polar surface area (TPSA) is 63.2 Å². The van der Waals surface area contributed by atoms with Crippen LogP contribution in [0.1, 0.15) is 12.5 Å². The quantitative estimate of drug-likeness (QED) is 0.912. The fraction of sp³-hybridized carbons (Fsp3) is 0.188. The van der Waals surface area contributed by atoms with Crippen molar-refractivity contribution < 1.29 is 13.2 Å². The highest BCUT2D eigenvalue weighted by molar-refractivity contribution is 7.92. The van der Waals surface area contributed by atoms with Crippen molar-refractivity contribution in [3.05, 3.63) is 65.2 Å². The Labute approximate surface area is 135 Å². The Morgan fingerprint density at radius 2 is 1.82 bits per heavy atom. The van der Waals surface area contributed by atoms with Crippen molar-refractivity contribution >= 4 is 27.3 Å². The number of carbonyl (C=O) groups excluding carboxylic acids is 1. The van der Waals surface area contributed by atoms with Gasteiger partial charge in [-0.2, -0.15) is 0 Å². The smallest absolute Gasteiger partial charge is 0.238 e. The lowest BCUT2D eigenvalue weighted by Gasteiger charge is -2.13. The largest absolute Gasteiger partial charge is 0.351 e. The molecular weight excluding hydrogens is 322 g/mol. The molecule has 0 saturated heterocycles. The molecule has 0 spiro atoms. The fourth-order valence-corrected chi connectivity index (χ4v) is 3.51. The number of hydrogen-bond donors (Lipinski definition) is 1. The highest BCUT2D eigenvalue weighted by atomic mass is 35.5. The average Bonchev–Trinajstić information content (AvgIpc) is 2.52. The normalized spacial score (nSPS) is 12.6. The zero-order valence-electron chi connectivity index (χ0n) is 12.0. The molecule has 0 radical (unpaired) electrons. The van der Waals surface area contributed by atoms with Crippen LogP contribution in [0.25, 0.3) is 0 Å². The minimum atomic E-state index is -3.76. The van der Waals surface area contributed by atoms with Gasteiger partial charge in [0.2, 0.25) is 5.91 Å². The SMILES string of the molecule is C[C@H](C(=O)NCc1ccccc1)S(=O)(=O)c1cccc(Cl)c1. The van der Waals surface area contributed by atoms with E-state index in [2.05, 4.69) is 5.32 Å². The zero-order valence-corrected chi connectivity index (χ0v) is 13.6. The molecule has 2 rings (SSSR count). The molecule has 116 valence electrons. The van der Waals surface area contributed by atoms with Gasteiger partial charge in [-0.3, -0.25) is 4.79 Å². The Balaban J connectivity index is 2.09. The fourth-order valence-electron chi connectivity index (χ4n) is 1.92. The molecule has 0 aromatic heterocycles. The Morgan fingerprint density at radius 1 is 1.14 bits per heavy atom. The first-order valence-electron chi connectivity index (χ1n) is 6.72. The summed E-state index contributed by atoms with van der Waals surface area (Å²) in [6.45, 7) is 1.66. The van der Waals surface area contributed by atoms with Crippen molar-refractivity contribution in [2.24, 2.45) is 0 Å². The summed E-state index contributed by atoms with van der Waals surface area (Å²) >= 11 is 5.81. The molecule has 22 heavy (non-hydrogen) atoms. The predicted octanol–water partition coefficient (Wildman–Crippen LogP) is 2.82. The Morgan fingerprint density at radius 3 is 2.45 bits per heavy atom. The maximum atomic E-state index is 12.4.